The van der Waals surface area contributed by atoms with Gasteiger partial charge in [0.2, 0.25) is 5.75 Å². The lowest BCUT2D eigenvalue weighted by Gasteiger charge is -2.08. The van der Waals surface area contributed by atoms with Crippen LogP contribution in [0.1, 0.15) is 5.56 Å². The van der Waals surface area contributed by atoms with Crippen molar-refractivity contribution in [2.24, 2.45) is 10.9 Å². The van der Waals surface area contributed by atoms with Crippen LogP contribution in [0.5, 0.6) is 11.5 Å². The normalized spacial score (nSPS) is 10.4. The molecule has 0 aliphatic rings. The fourth-order valence-electron chi connectivity index (χ4n) is 1.26. The fourth-order valence-corrected chi connectivity index (χ4v) is 1.26. The van der Waals surface area contributed by atoms with Gasteiger partial charge in [-0.1, -0.05) is 0 Å². The van der Waals surface area contributed by atoms with Crippen molar-refractivity contribution in [1.29, 1.82) is 0 Å². The van der Waals surface area contributed by atoms with E-state index in [0.29, 0.717) is 5.56 Å². The summed E-state index contributed by atoms with van der Waals surface area (Å²) >= 11 is 0. The first-order valence-electron chi connectivity index (χ1n) is 4.27. The lowest BCUT2D eigenvalue weighted by Crippen LogP contribution is -1.99. The molecule has 0 aliphatic heterocycles. The zero-order valence-corrected chi connectivity index (χ0v) is 8.84. The second-order valence-corrected chi connectivity index (χ2v) is 2.81. The molecule has 0 amide bonds. The minimum absolute atomic E-state index is 0.0710. The third kappa shape index (κ3) is 2.19. The van der Waals surface area contributed by atoms with Gasteiger partial charge < -0.3 is 15.3 Å². The van der Waals surface area contributed by atoms with Crippen LogP contribution in [0, 0.1) is 10.1 Å². The Bertz CT molecular complexity index is 431. The second kappa shape index (κ2) is 4.96. The van der Waals surface area contributed by atoms with Crippen LogP contribution in [0.15, 0.2) is 17.2 Å². The SMILES string of the molecule is COc1cc(C=NN)cc([N+](=O)[O-])c1OC. The van der Waals surface area contributed by atoms with Crippen molar-refractivity contribution in [3.05, 3.63) is 27.8 Å². The average Bonchev–Trinajstić information content (AvgIpc) is 2.28. The number of hydrogen-bond donors (Lipinski definition) is 1. The maximum Gasteiger partial charge on any atom is 0.315 e. The largest absolute Gasteiger partial charge is 0.493 e. The van der Waals surface area contributed by atoms with Gasteiger partial charge in [0.05, 0.1) is 25.4 Å². The summed E-state index contributed by atoms with van der Waals surface area (Å²) in [7, 11) is 2.73. The van der Waals surface area contributed by atoms with Gasteiger partial charge in [-0.15, -0.1) is 0 Å². The second-order valence-electron chi connectivity index (χ2n) is 2.81. The zero-order valence-electron chi connectivity index (χ0n) is 8.84. The Hall–Kier alpha value is -2.31. The summed E-state index contributed by atoms with van der Waals surface area (Å²) in [6, 6.07) is 2.85. The highest BCUT2D eigenvalue weighted by Gasteiger charge is 2.20. The van der Waals surface area contributed by atoms with Crippen LogP contribution in [-0.4, -0.2) is 25.4 Å². The number of nitrogens with two attached hydrogens (primary N) is 1. The average molecular weight is 225 g/mol. The molecule has 2 N–H and O–H groups in total. The number of hydrazone groups is 1. The van der Waals surface area contributed by atoms with Gasteiger partial charge in [0.15, 0.2) is 5.75 Å². The van der Waals surface area contributed by atoms with Crippen LogP contribution in [0.25, 0.3) is 0 Å². The number of rotatable bonds is 4. The summed E-state index contributed by atoms with van der Waals surface area (Å²) in [5.74, 6) is 5.30. The number of benzene rings is 1. The highest BCUT2D eigenvalue weighted by atomic mass is 16.6. The van der Waals surface area contributed by atoms with E-state index in [-0.39, 0.29) is 17.2 Å². The van der Waals surface area contributed by atoms with Crippen molar-refractivity contribution in [3.8, 4) is 11.5 Å². The highest BCUT2D eigenvalue weighted by molar-refractivity contribution is 5.83. The van der Waals surface area contributed by atoms with Gasteiger partial charge in [-0.25, -0.2) is 0 Å². The minimum Gasteiger partial charge on any atom is -0.493 e. The van der Waals surface area contributed by atoms with Crippen LogP contribution in [-0.2, 0) is 0 Å². The molecule has 1 aromatic rings. The standard InChI is InChI=1S/C9H11N3O4/c1-15-8-4-6(5-11-10)3-7(12(13)14)9(8)16-2/h3-5H,10H2,1-2H3. The van der Waals surface area contributed by atoms with Crippen molar-refractivity contribution in [1.82, 2.24) is 0 Å². The Morgan fingerprint density at radius 3 is 2.56 bits per heavy atom. The molecule has 16 heavy (non-hydrogen) atoms. The Balaban J connectivity index is 3.43. The molecule has 86 valence electrons. The van der Waals surface area contributed by atoms with Gasteiger partial charge >= 0.3 is 5.69 Å². The van der Waals surface area contributed by atoms with Crippen molar-refractivity contribution >= 4 is 11.9 Å². The summed E-state index contributed by atoms with van der Waals surface area (Å²) in [4.78, 5) is 10.2. The van der Waals surface area contributed by atoms with E-state index in [9.17, 15) is 10.1 Å². The maximum atomic E-state index is 10.8. The van der Waals surface area contributed by atoms with Crippen LogP contribution in [0.4, 0.5) is 5.69 Å². The molecule has 7 heteroatoms. The number of ether oxygens (including phenoxy) is 2. The van der Waals surface area contributed by atoms with Crippen molar-refractivity contribution < 1.29 is 14.4 Å². The molecule has 0 aromatic heterocycles. The van der Waals surface area contributed by atoms with Gasteiger partial charge in [-0.05, 0) is 6.07 Å². The molecular weight excluding hydrogens is 214 g/mol. The summed E-state index contributed by atoms with van der Waals surface area (Å²) < 4.78 is 9.90. The van der Waals surface area contributed by atoms with E-state index in [1.54, 1.807) is 6.07 Å². The number of nitrogens with zero attached hydrogens (tertiary/aromatic N) is 2. The molecule has 1 aromatic carbocycles. The first-order valence-corrected chi connectivity index (χ1v) is 4.27. The molecule has 0 heterocycles. The molecular formula is C9H11N3O4. The molecule has 0 aliphatic carbocycles. The van der Waals surface area contributed by atoms with Gasteiger partial charge in [-0.3, -0.25) is 10.1 Å². The lowest BCUT2D eigenvalue weighted by molar-refractivity contribution is -0.385. The van der Waals surface area contributed by atoms with E-state index < -0.39 is 4.92 Å². The monoisotopic (exact) mass is 225 g/mol. The van der Waals surface area contributed by atoms with E-state index in [1.165, 1.54) is 26.5 Å². The maximum absolute atomic E-state index is 10.8. The van der Waals surface area contributed by atoms with Crippen LogP contribution in [0.2, 0.25) is 0 Å². The molecule has 1 rings (SSSR count). The predicted molar refractivity (Wildman–Crippen MR) is 58.0 cm³/mol. The molecule has 7 nitrogen and oxygen atoms in total. The Morgan fingerprint density at radius 2 is 2.12 bits per heavy atom. The van der Waals surface area contributed by atoms with Gasteiger partial charge in [-0.2, -0.15) is 5.10 Å². The van der Waals surface area contributed by atoms with Crippen LogP contribution < -0.4 is 15.3 Å². The first kappa shape index (κ1) is 11.8. The van der Waals surface area contributed by atoms with E-state index in [2.05, 4.69) is 5.10 Å². The summed E-state index contributed by atoms with van der Waals surface area (Å²) in [5.41, 5.74) is 0.267. The topological polar surface area (TPSA) is 100.0 Å². The number of hydrogen-bond acceptors (Lipinski definition) is 6. The Labute approximate surface area is 91.6 Å². The van der Waals surface area contributed by atoms with E-state index in [4.69, 9.17) is 15.3 Å². The predicted octanol–water partition coefficient (Wildman–Crippen LogP) is 0.905. The van der Waals surface area contributed by atoms with E-state index >= 15 is 0 Å². The molecule has 0 fully saturated rings. The van der Waals surface area contributed by atoms with Crippen LogP contribution in [0.3, 0.4) is 0 Å². The van der Waals surface area contributed by atoms with Crippen molar-refractivity contribution in [3.63, 3.8) is 0 Å². The van der Waals surface area contributed by atoms with E-state index in [0.717, 1.165) is 0 Å². The van der Waals surface area contributed by atoms with E-state index in [1.807, 2.05) is 0 Å². The first-order chi connectivity index (χ1) is 7.63. The highest BCUT2D eigenvalue weighted by Crippen LogP contribution is 2.37. The van der Waals surface area contributed by atoms with Crippen LogP contribution >= 0.6 is 0 Å². The smallest absolute Gasteiger partial charge is 0.315 e. The number of nitro benzene ring substituents is 1. The summed E-state index contributed by atoms with van der Waals surface area (Å²) in [6.07, 6.45) is 1.29. The number of methoxy groups -OCH3 is 2. The molecule has 0 radical (unpaired) electrons. The Kier molecular flexibility index (Phi) is 3.65. The fraction of sp³-hybridized carbons (Fsp3) is 0.222. The third-order valence-corrected chi connectivity index (χ3v) is 1.90. The van der Waals surface area contributed by atoms with Gasteiger partial charge in [0, 0.05) is 11.6 Å². The summed E-state index contributed by atoms with van der Waals surface area (Å²) in [6.45, 7) is 0. The zero-order chi connectivity index (χ0) is 12.1. The third-order valence-electron chi connectivity index (χ3n) is 1.90. The summed E-state index contributed by atoms with van der Waals surface area (Å²) in [5, 5.41) is 14.1. The molecule has 0 bridgehead atoms. The molecule has 0 saturated carbocycles. The van der Waals surface area contributed by atoms with Gasteiger partial charge in [0.25, 0.3) is 0 Å². The van der Waals surface area contributed by atoms with Crippen molar-refractivity contribution in [2.45, 2.75) is 0 Å². The minimum atomic E-state index is -0.560. The number of nitro groups is 1. The lowest BCUT2D eigenvalue weighted by atomic mass is 10.2. The molecule has 0 spiro atoms. The van der Waals surface area contributed by atoms with Crippen molar-refractivity contribution in [2.75, 3.05) is 14.2 Å². The quantitative estimate of drug-likeness (QED) is 0.355. The molecule has 0 unspecified atom stereocenters. The Morgan fingerprint density at radius 1 is 1.44 bits per heavy atom. The van der Waals surface area contributed by atoms with Gasteiger partial charge in [0.1, 0.15) is 0 Å². The molecule has 0 atom stereocenters. The molecule has 0 saturated heterocycles.